The molecule has 106 valence electrons. The van der Waals surface area contributed by atoms with Gasteiger partial charge in [-0.3, -0.25) is 0 Å². The highest BCUT2D eigenvalue weighted by Crippen LogP contribution is 2.38. The third-order valence-electron chi connectivity index (χ3n) is 3.70. The summed E-state index contributed by atoms with van der Waals surface area (Å²) in [7, 11) is 1.95. The van der Waals surface area contributed by atoms with Crippen LogP contribution in [0, 0.1) is 5.82 Å². The van der Waals surface area contributed by atoms with Gasteiger partial charge in [-0.2, -0.15) is 0 Å². The number of likely N-dealkylation sites (N-methyl/N-ethyl adjacent to an activating group) is 1. The molecule has 0 saturated carbocycles. The molecule has 0 fully saturated rings. The molecule has 1 aliphatic rings. The third kappa shape index (κ3) is 2.43. The lowest BCUT2D eigenvalue weighted by Crippen LogP contribution is -2.20. The number of benzene rings is 1. The zero-order valence-electron chi connectivity index (χ0n) is 11.3. The number of halogens is 1. The molecule has 1 unspecified atom stereocenters. The Kier molecular flexibility index (Phi) is 3.72. The highest BCUT2D eigenvalue weighted by Gasteiger charge is 2.25. The number of hydrogen-bond donors (Lipinski definition) is 2. The van der Waals surface area contributed by atoms with Gasteiger partial charge in [0.15, 0.2) is 0 Å². The predicted octanol–water partition coefficient (Wildman–Crippen LogP) is 3.29. The molecule has 1 aromatic heterocycles. The number of nitrogens with one attached hydrogen (secondary N) is 1. The lowest BCUT2D eigenvalue weighted by atomic mass is 9.91. The molecule has 0 amide bonds. The van der Waals surface area contributed by atoms with Crippen molar-refractivity contribution >= 4 is 11.3 Å². The molecule has 0 spiro atoms. The van der Waals surface area contributed by atoms with Gasteiger partial charge in [-0.15, -0.1) is 11.3 Å². The number of phenolic OH excluding ortho intramolecular Hbond substituents is 1. The summed E-state index contributed by atoms with van der Waals surface area (Å²) in [6.07, 6.45) is 3.33. The summed E-state index contributed by atoms with van der Waals surface area (Å²) in [6, 6.07) is 4.24. The predicted molar refractivity (Wildman–Crippen MR) is 78.8 cm³/mol. The molecule has 1 heterocycles. The van der Waals surface area contributed by atoms with E-state index >= 15 is 0 Å². The fraction of sp³-hybridized carbons (Fsp3) is 0.400. The van der Waals surface area contributed by atoms with Gasteiger partial charge in [-0.25, -0.2) is 9.37 Å². The van der Waals surface area contributed by atoms with Crippen molar-refractivity contribution in [2.45, 2.75) is 25.2 Å². The first-order chi connectivity index (χ1) is 9.69. The molecule has 20 heavy (non-hydrogen) atoms. The van der Waals surface area contributed by atoms with Crippen molar-refractivity contribution in [3.63, 3.8) is 0 Å². The largest absolute Gasteiger partial charge is 0.508 e. The summed E-state index contributed by atoms with van der Waals surface area (Å²) in [6.45, 7) is 0.911. The first-order valence-corrected chi connectivity index (χ1v) is 7.63. The Morgan fingerprint density at radius 3 is 3.10 bits per heavy atom. The second-order valence-corrected chi connectivity index (χ2v) is 6.22. The molecule has 0 saturated heterocycles. The summed E-state index contributed by atoms with van der Waals surface area (Å²) in [5.41, 5.74) is 1.60. The zero-order chi connectivity index (χ0) is 14.1. The minimum atomic E-state index is -0.415. The first-order valence-electron chi connectivity index (χ1n) is 6.82. The summed E-state index contributed by atoms with van der Waals surface area (Å²) in [4.78, 5) is 5.95. The molecule has 5 heteroatoms. The van der Waals surface area contributed by atoms with Crippen molar-refractivity contribution in [3.8, 4) is 16.3 Å². The normalized spacial score (nSPS) is 18.0. The Morgan fingerprint density at radius 1 is 1.50 bits per heavy atom. The van der Waals surface area contributed by atoms with Gasteiger partial charge in [0.2, 0.25) is 0 Å². The highest BCUT2D eigenvalue weighted by molar-refractivity contribution is 7.15. The number of phenols is 1. The van der Waals surface area contributed by atoms with Crippen molar-refractivity contribution in [2.75, 3.05) is 13.6 Å². The van der Waals surface area contributed by atoms with E-state index in [1.54, 1.807) is 17.4 Å². The fourth-order valence-electron chi connectivity index (χ4n) is 2.75. The molecule has 0 radical (unpaired) electrons. The van der Waals surface area contributed by atoms with Crippen molar-refractivity contribution in [2.24, 2.45) is 0 Å². The van der Waals surface area contributed by atoms with Crippen LogP contribution in [0.4, 0.5) is 4.39 Å². The van der Waals surface area contributed by atoms with E-state index in [9.17, 15) is 9.50 Å². The van der Waals surface area contributed by atoms with Crippen LogP contribution in [0.15, 0.2) is 18.2 Å². The minimum absolute atomic E-state index is 0.0550. The van der Waals surface area contributed by atoms with E-state index in [1.165, 1.54) is 17.4 Å². The molecule has 3 rings (SSSR count). The maximum absolute atomic E-state index is 13.9. The number of thiazole rings is 1. The Morgan fingerprint density at radius 2 is 2.35 bits per heavy atom. The highest BCUT2D eigenvalue weighted by atomic mass is 32.1. The maximum atomic E-state index is 13.9. The van der Waals surface area contributed by atoms with E-state index in [1.807, 2.05) is 7.05 Å². The zero-order valence-corrected chi connectivity index (χ0v) is 12.1. The van der Waals surface area contributed by atoms with Crippen LogP contribution in [-0.4, -0.2) is 23.7 Å². The topological polar surface area (TPSA) is 45.1 Å². The number of aryl methyl sites for hydroxylation is 1. The molecule has 2 N–H and O–H groups in total. The Balaban J connectivity index is 2.00. The van der Waals surface area contributed by atoms with Gasteiger partial charge >= 0.3 is 0 Å². The van der Waals surface area contributed by atoms with Crippen LogP contribution in [0.1, 0.15) is 29.3 Å². The van der Waals surface area contributed by atoms with Crippen LogP contribution < -0.4 is 5.32 Å². The van der Waals surface area contributed by atoms with Crippen LogP contribution in [-0.2, 0) is 6.42 Å². The van der Waals surface area contributed by atoms with Gasteiger partial charge in [0.1, 0.15) is 16.6 Å². The van der Waals surface area contributed by atoms with Gasteiger partial charge in [-0.1, -0.05) is 0 Å². The third-order valence-corrected chi connectivity index (χ3v) is 4.87. The Hall–Kier alpha value is -1.46. The number of nitrogens with zero attached hydrogens (tertiary/aromatic N) is 1. The van der Waals surface area contributed by atoms with Gasteiger partial charge in [0.05, 0.1) is 5.69 Å². The molecule has 0 aliphatic heterocycles. The quantitative estimate of drug-likeness (QED) is 0.912. The van der Waals surface area contributed by atoms with E-state index in [0.29, 0.717) is 11.5 Å². The number of aromatic hydroxyl groups is 1. The van der Waals surface area contributed by atoms with Gasteiger partial charge in [-0.05, 0) is 38.4 Å². The number of rotatable bonds is 3. The molecule has 1 atom stereocenters. The summed E-state index contributed by atoms with van der Waals surface area (Å²) < 4.78 is 13.9. The van der Waals surface area contributed by atoms with Gasteiger partial charge < -0.3 is 10.4 Å². The first kappa shape index (κ1) is 13.5. The molecule has 0 bridgehead atoms. The molecular formula is C15H17FN2OS. The smallest absolute Gasteiger partial charge is 0.137 e. The lowest BCUT2D eigenvalue weighted by Gasteiger charge is -2.20. The van der Waals surface area contributed by atoms with Crippen molar-refractivity contribution in [1.82, 2.24) is 10.3 Å². The summed E-state index contributed by atoms with van der Waals surface area (Å²) in [5, 5.41) is 13.2. The summed E-state index contributed by atoms with van der Waals surface area (Å²) >= 11 is 1.58. The fourth-order valence-corrected chi connectivity index (χ4v) is 3.96. The van der Waals surface area contributed by atoms with Crippen molar-refractivity contribution < 1.29 is 9.50 Å². The molecular weight excluding hydrogens is 275 g/mol. The van der Waals surface area contributed by atoms with Gasteiger partial charge in [0.25, 0.3) is 0 Å². The average molecular weight is 292 g/mol. The Labute approximate surface area is 121 Å². The van der Waals surface area contributed by atoms with Gasteiger partial charge in [0, 0.05) is 29.0 Å². The number of aromatic nitrogens is 1. The average Bonchev–Trinajstić information content (AvgIpc) is 2.83. The maximum Gasteiger partial charge on any atom is 0.137 e. The number of hydrogen-bond acceptors (Lipinski definition) is 4. The molecule has 1 aromatic carbocycles. The number of fused-ring (bicyclic) bond motifs is 1. The summed E-state index contributed by atoms with van der Waals surface area (Å²) in [5.74, 6) is -0.0455. The minimum Gasteiger partial charge on any atom is -0.508 e. The molecule has 1 aliphatic carbocycles. The van der Waals surface area contributed by atoms with Crippen molar-refractivity contribution in [3.05, 3.63) is 34.6 Å². The van der Waals surface area contributed by atoms with Crippen LogP contribution >= 0.6 is 11.3 Å². The van der Waals surface area contributed by atoms with Crippen LogP contribution in [0.5, 0.6) is 5.75 Å². The SMILES string of the molecule is CNCC1CCCc2sc(-c3ccc(O)cc3F)nc21. The molecule has 2 aromatic rings. The van der Waals surface area contributed by atoms with E-state index in [-0.39, 0.29) is 5.75 Å². The standard InChI is InChI=1S/C15H17FN2OS/c1-17-8-9-3-2-4-13-14(9)18-15(20-13)11-6-5-10(19)7-12(11)16/h5-7,9,17,19H,2-4,8H2,1H3. The van der Waals surface area contributed by atoms with Crippen LogP contribution in [0.25, 0.3) is 10.6 Å². The molecule has 3 nitrogen and oxygen atoms in total. The van der Waals surface area contributed by atoms with Crippen LogP contribution in [0.3, 0.4) is 0 Å². The van der Waals surface area contributed by atoms with Crippen LogP contribution in [0.2, 0.25) is 0 Å². The van der Waals surface area contributed by atoms with E-state index in [4.69, 9.17) is 0 Å². The van der Waals surface area contributed by atoms with Crippen molar-refractivity contribution in [1.29, 1.82) is 0 Å². The van der Waals surface area contributed by atoms with E-state index in [0.717, 1.165) is 36.2 Å². The van der Waals surface area contributed by atoms with E-state index < -0.39 is 5.82 Å². The second kappa shape index (κ2) is 5.50. The second-order valence-electron chi connectivity index (χ2n) is 5.14. The van der Waals surface area contributed by atoms with E-state index in [2.05, 4.69) is 10.3 Å². The lowest BCUT2D eigenvalue weighted by molar-refractivity contribution is 0.469. The monoisotopic (exact) mass is 292 g/mol. The Bertz CT molecular complexity index is 626.